The average molecular weight is 388 g/mol. The third-order valence-corrected chi connectivity index (χ3v) is 5.75. The summed E-state index contributed by atoms with van der Waals surface area (Å²) in [5, 5.41) is 1.09. The van der Waals surface area contributed by atoms with Crippen molar-refractivity contribution in [3.8, 4) is 5.75 Å². The van der Waals surface area contributed by atoms with Crippen molar-refractivity contribution in [2.24, 2.45) is 0 Å². The Hall–Kier alpha value is -3.21. The number of pyridine rings is 1. The largest absolute Gasteiger partial charge is 0.489 e. The molecule has 1 aliphatic heterocycles. The first-order chi connectivity index (χ1) is 14.0. The Morgan fingerprint density at radius 3 is 2.69 bits per heavy atom. The predicted octanol–water partition coefficient (Wildman–Crippen LogP) is 3.81. The van der Waals surface area contributed by atoms with Crippen LogP contribution in [0.2, 0.25) is 0 Å². The van der Waals surface area contributed by atoms with Crippen molar-refractivity contribution >= 4 is 23.1 Å². The van der Waals surface area contributed by atoms with Crippen LogP contribution in [0.25, 0.3) is 10.9 Å². The molecule has 0 radical (unpaired) electrons. The molecule has 1 amide bonds. The summed E-state index contributed by atoms with van der Waals surface area (Å²) >= 11 is 0. The molecule has 4 rings (SSSR count). The van der Waals surface area contributed by atoms with Gasteiger partial charge in [-0.2, -0.15) is 0 Å². The Labute approximate surface area is 170 Å². The second kappa shape index (κ2) is 7.66. The van der Waals surface area contributed by atoms with Gasteiger partial charge in [0.05, 0.1) is 17.5 Å². The van der Waals surface area contributed by atoms with E-state index in [4.69, 9.17) is 4.74 Å². The molecule has 1 aliphatic rings. The summed E-state index contributed by atoms with van der Waals surface area (Å²) in [6, 6.07) is 17.8. The molecule has 1 fully saturated rings. The van der Waals surface area contributed by atoms with E-state index in [1.165, 1.54) is 0 Å². The molecule has 1 unspecified atom stereocenters. The van der Waals surface area contributed by atoms with Crippen LogP contribution >= 0.6 is 0 Å². The van der Waals surface area contributed by atoms with Crippen molar-refractivity contribution in [3.05, 3.63) is 71.4 Å². The van der Waals surface area contributed by atoms with Gasteiger partial charge in [-0.1, -0.05) is 30.3 Å². The zero-order chi connectivity index (χ0) is 20.4. The molecular weight excluding hydrogens is 364 g/mol. The highest BCUT2D eigenvalue weighted by Crippen LogP contribution is 2.36. The number of amides is 1. The number of nitrogens with zero attached hydrogens (tertiary/aromatic N) is 2. The van der Waals surface area contributed by atoms with Gasteiger partial charge >= 0.3 is 0 Å². The number of hydrogen-bond acceptors (Lipinski definition) is 4. The van der Waals surface area contributed by atoms with Gasteiger partial charge in [-0.05, 0) is 50.1 Å². The summed E-state index contributed by atoms with van der Waals surface area (Å²) in [6.45, 7) is 5.15. The topological polar surface area (TPSA) is 59.5 Å². The molecule has 148 valence electrons. The summed E-state index contributed by atoms with van der Waals surface area (Å²) in [5.41, 5.74) is 3.40. The molecule has 5 heteroatoms. The number of carbonyl (C=O) groups excluding carboxylic acids is 2. The molecule has 0 aliphatic carbocycles. The van der Waals surface area contributed by atoms with E-state index in [2.05, 4.69) is 17.1 Å². The number of aromatic nitrogens is 1. The number of likely N-dealkylation sites (tertiary alicyclic amines) is 1. The predicted molar refractivity (Wildman–Crippen MR) is 112 cm³/mol. The van der Waals surface area contributed by atoms with E-state index in [1.54, 1.807) is 4.90 Å². The first-order valence-electron chi connectivity index (χ1n) is 9.83. The average Bonchev–Trinajstić information content (AvgIpc) is 3.02. The van der Waals surface area contributed by atoms with Crippen LogP contribution in [0.1, 0.15) is 30.2 Å². The molecule has 5 nitrogen and oxygen atoms in total. The van der Waals surface area contributed by atoms with Gasteiger partial charge < -0.3 is 14.4 Å². The first-order valence-corrected chi connectivity index (χ1v) is 9.83. The normalized spacial score (nSPS) is 19.0. The molecule has 2 heterocycles. The third kappa shape index (κ3) is 3.60. The van der Waals surface area contributed by atoms with Gasteiger partial charge in [-0.3, -0.25) is 9.78 Å². The summed E-state index contributed by atoms with van der Waals surface area (Å²) in [6.07, 6.45) is 1.49. The standard InChI is InChI=1S/C24H24N2O3/c1-17-15-18(21-5-3-4-6-22(21)25-17)16-29-20-9-7-19(8-10-20)24(2)11-12-26(13-14-27)23(24)28/h3-10,14-15H,11-13,16H2,1-2H3. The number of aryl methyl sites for hydroxylation is 1. The van der Waals surface area contributed by atoms with Crippen LogP contribution in [0.15, 0.2) is 54.6 Å². The van der Waals surface area contributed by atoms with Crippen molar-refractivity contribution in [1.29, 1.82) is 0 Å². The summed E-state index contributed by atoms with van der Waals surface area (Å²) in [5.74, 6) is 0.767. The fourth-order valence-corrected chi connectivity index (χ4v) is 4.04. The van der Waals surface area contributed by atoms with Gasteiger partial charge in [-0.15, -0.1) is 0 Å². The molecular formula is C24H24N2O3. The molecule has 29 heavy (non-hydrogen) atoms. The number of para-hydroxylation sites is 1. The number of hydrogen-bond donors (Lipinski definition) is 0. The Kier molecular flexibility index (Phi) is 5.05. The maximum atomic E-state index is 12.7. The van der Waals surface area contributed by atoms with Crippen molar-refractivity contribution in [1.82, 2.24) is 9.88 Å². The molecule has 0 bridgehead atoms. The quantitative estimate of drug-likeness (QED) is 0.603. The van der Waals surface area contributed by atoms with E-state index in [-0.39, 0.29) is 12.5 Å². The van der Waals surface area contributed by atoms with Crippen LogP contribution in [0, 0.1) is 6.92 Å². The Bertz CT molecular complexity index is 1060. The molecule has 1 atom stereocenters. The van der Waals surface area contributed by atoms with E-state index >= 15 is 0 Å². The van der Waals surface area contributed by atoms with Gasteiger partial charge in [0.15, 0.2) is 0 Å². The van der Waals surface area contributed by atoms with Gasteiger partial charge in [0.1, 0.15) is 18.6 Å². The van der Waals surface area contributed by atoms with Gasteiger partial charge in [0.25, 0.3) is 0 Å². The minimum atomic E-state index is -0.583. The van der Waals surface area contributed by atoms with E-state index in [0.29, 0.717) is 19.6 Å². The van der Waals surface area contributed by atoms with Crippen LogP contribution in [-0.2, 0) is 21.6 Å². The van der Waals surface area contributed by atoms with Gasteiger partial charge in [-0.25, -0.2) is 0 Å². The Morgan fingerprint density at radius 2 is 1.93 bits per heavy atom. The van der Waals surface area contributed by atoms with Gasteiger partial charge in [0.2, 0.25) is 5.91 Å². The second-order valence-corrected chi connectivity index (χ2v) is 7.75. The number of benzene rings is 2. The molecule has 0 N–H and O–H groups in total. The minimum absolute atomic E-state index is 0.0111. The van der Waals surface area contributed by atoms with Crippen LogP contribution in [-0.4, -0.2) is 35.2 Å². The van der Waals surface area contributed by atoms with Crippen LogP contribution in [0.5, 0.6) is 5.75 Å². The lowest BCUT2D eigenvalue weighted by Gasteiger charge is -2.23. The third-order valence-electron chi connectivity index (χ3n) is 5.75. The number of fused-ring (bicyclic) bond motifs is 1. The molecule has 0 saturated carbocycles. The van der Waals surface area contributed by atoms with Gasteiger partial charge in [0, 0.05) is 23.2 Å². The number of carbonyl (C=O) groups is 2. The second-order valence-electron chi connectivity index (χ2n) is 7.75. The fourth-order valence-electron chi connectivity index (χ4n) is 4.04. The van der Waals surface area contributed by atoms with Crippen LogP contribution in [0.4, 0.5) is 0 Å². The van der Waals surface area contributed by atoms with E-state index in [0.717, 1.165) is 39.8 Å². The fraction of sp³-hybridized carbons (Fsp3) is 0.292. The van der Waals surface area contributed by atoms with Crippen LogP contribution < -0.4 is 4.74 Å². The number of ether oxygens (including phenoxy) is 1. The zero-order valence-electron chi connectivity index (χ0n) is 16.7. The summed E-state index contributed by atoms with van der Waals surface area (Å²) < 4.78 is 6.02. The highest BCUT2D eigenvalue weighted by atomic mass is 16.5. The molecule has 0 spiro atoms. The summed E-state index contributed by atoms with van der Waals surface area (Å²) in [7, 11) is 0. The van der Waals surface area contributed by atoms with Crippen molar-refractivity contribution in [2.75, 3.05) is 13.1 Å². The van der Waals surface area contributed by atoms with Crippen molar-refractivity contribution in [3.63, 3.8) is 0 Å². The number of aldehydes is 1. The molecule has 1 saturated heterocycles. The maximum absolute atomic E-state index is 12.7. The van der Waals surface area contributed by atoms with E-state index < -0.39 is 5.41 Å². The van der Waals surface area contributed by atoms with Crippen molar-refractivity contribution < 1.29 is 14.3 Å². The smallest absolute Gasteiger partial charge is 0.233 e. The van der Waals surface area contributed by atoms with E-state index in [9.17, 15) is 9.59 Å². The van der Waals surface area contributed by atoms with Crippen molar-refractivity contribution in [2.45, 2.75) is 32.3 Å². The molecule has 3 aromatic rings. The van der Waals surface area contributed by atoms with Crippen LogP contribution in [0.3, 0.4) is 0 Å². The minimum Gasteiger partial charge on any atom is -0.489 e. The van der Waals surface area contributed by atoms with E-state index in [1.807, 2.05) is 56.3 Å². The summed E-state index contributed by atoms with van der Waals surface area (Å²) in [4.78, 5) is 29.7. The lowest BCUT2D eigenvalue weighted by molar-refractivity contribution is -0.133. The Morgan fingerprint density at radius 1 is 1.17 bits per heavy atom. The maximum Gasteiger partial charge on any atom is 0.233 e. The zero-order valence-corrected chi connectivity index (χ0v) is 16.7. The lowest BCUT2D eigenvalue weighted by Crippen LogP contribution is -2.36. The number of rotatable bonds is 6. The molecule has 1 aromatic heterocycles. The SMILES string of the molecule is Cc1cc(COc2ccc(C3(C)CCN(CC=O)C3=O)cc2)c2ccccc2n1. The monoisotopic (exact) mass is 388 g/mol. The molecule has 2 aromatic carbocycles. The highest BCUT2D eigenvalue weighted by molar-refractivity contribution is 5.91. The lowest BCUT2D eigenvalue weighted by atomic mass is 9.81. The Balaban J connectivity index is 1.50. The highest BCUT2D eigenvalue weighted by Gasteiger charge is 2.43. The first kappa shape index (κ1) is 19.1.